The Hall–Kier alpha value is -2.37. The summed E-state index contributed by atoms with van der Waals surface area (Å²) in [7, 11) is -3.77. The number of hydrogen-bond acceptors (Lipinski definition) is 6. The molecule has 2 rings (SSSR count). The highest BCUT2D eigenvalue weighted by Crippen LogP contribution is 2.15. The van der Waals surface area contributed by atoms with Gasteiger partial charge in [0.25, 0.3) is 10.0 Å². The molecule has 20 heavy (non-hydrogen) atoms. The van der Waals surface area contributed by atoms with Crippen LogP contribution in [0.5, 0.6) is 0 Å². The number of pyridine rings is 1. The van der Waals surface area contributed by atoms with Gasteiger partial charge in [-0.3, -0.25) is 9.71 Å². The number of nitrogens with zero attached hydrogens (tertiary/aromatic N) is 2. The van der Waals surface area contributed by atoms with Gasteiger partial charge in [0, 0.05) is 24.4 Å². The minimum atomic E-state index is -3.77. The van der Waals surface area contributed by atoms with Crippen LogP contribution in [0.4, 0.5) is 5.69 Å². The Labute approximate surface area is 115 Å². The lowest BCUT2D eigenvalue weighted by Crippen LogP contribution is -2.12. The van der Waals surface area contributed by atoms with Crippen LogP contribution in [-0.4, -0.2) is 30.3 Å². The minimum absolute atomic E-state index is 0.0190. The van der Waals surface area contributed by atoms with Gasteiger partial charge in [0.2, 0.25) is 0 Å². The Morgan fingerprint density at radius 3 is 2.90 bits per heavy atom. The lowest BCUT2D eigenvalue weighted by Gasteiger charge is -2.04. The number of aromatic nitrogens is 2. The zero-order valence-corrected chi connectivity index (χ0v) is 11.1. The van der Waals surface area contributed by atoms with Crippen molar-refractivity contribution in [2.24, 2.45) is 0 Å². The molecule has 2 N–H and O–H groups in total. The molecule has 2 aromatic heterocycles. The zero-order valence-electron chi connectivity index (χ0n) is 10.3. The summed E-state index contributed by atoms with van der Waals surface area (Å²) in [5.41, 5.74) is 0.674. The molecule has 2 aromatic rings. The van der Waals surface area contributed by atoms with Crippen molar-refractivity contribution >= 4 is 15.7 Å². The fraction of sp³-hybridized carbons (Fsp3) is 0.167. The van der Waals surface area contributed by atoms with E-state index in [-0.39, 0.29) is 17.2 Å². The molecule has 0 saturated carbocycles. The largest absolute Gasteiger partial charge is 0.395 e. The number of sulfonamides is 1. The normalized spacial score (nSPS) is 10.7. The predicted molar refractivity (Wildman–Crippen MR) is 70.1 cm³/mol. The van der Waals surface area contributed by atoms with Gasteiger partial charge in [-0.25, -0.2) is 8.42 Å². The molecule has 2 heterocycles. The van der Waals surface area contributed by atoms with Crippen molar-refractivity contribution in [3.8, 4) is 11.8 Å². The molecule has 0 amide bonds. The van der Waals surface area contributed by atoms with E-state index in [1.807, 2.05) is 0 Å². The highest BCUT2D eigenvalue weighted by Gasteiger charge is 2.15. The van der Waals surface area contributed by atoms with Crippen LogP contribution in [0.1, 0.15) is 12.0 Å². The number of hydrogen-bond donors (Lipinski definition) is 2. The van der Waals surface area contributed by atoms with Crippen LogP contribution in [-0.2, 0) is 10.0 Å². The molecule has 0 aliphatic rings. The van der Waals surface area contributed by atoms with Crippen molar-refractivity contribution in [3.63, 3.8) is 0 Å². The van der Waals surface area contributed by atoms with Gasteiger partial charge in [-0.1, -0.05) is 17.0 Å². The van der Waals surface area contributed by atoms with E-state index in [9.17, 15) is 8.42 Å². The van der Waals surface area contributed by atoms with Gasteiger partial charge < -0.3 is 9.63 Å². The maximum absolute atomic E-state index is 12.1. The zero-order chi connectivity index (χ0) is 14.4. The number of rotatable bonds is 4. The molecule has 0 saturated heterocycles. The molecule has 0 radical (unpaired) electrons. The van der Waals surface area contributed by atoms with Crippen LogP contribution in [0, 0.1) is 11.8 Å². The van der Waals surface area contributed by atoms with Gasteiger partial charge in [0.1, 0.15) is 16.8 Å². The lowest BCUT2D eigenvalue weighted by molar-refractivity contribution is 0.305. The van der Waals surface area contributed by atoms with Crippen LogP contribution in [0.2, 0.25) is 0 Å². The van der Waals surface area contributed by atoms with Crippen LogP contribution < -0.4 is 4.72 Å². The van der Waals surface area contributed by atoms with E-state index >= 15 is 0 Å². The first-order valence-corrected chi connectivity index (χ1v) is 7.07. The van der Waals surface area contributed by atoms with E-state index in [0.717, 1.165) is 0 Å². The van der Waals surface area contributed by atoms with E-state index < -0.39 is 10.0 Å². The number of aliphatic hydroxyl groups is 1. The van der Waals surface area contributed by atoms with Gasteiger partial charge in [-0.15, -0.1) is 0 Å². The fourth-order valence-corrected chi connectivity index (χ4v) is 2.33. The summed E-state index contributed by atoms with van der Waals surface area (Å²) in [4.78, 5) is 3.82. The molecular formula is C12H11N3O4S. The second kappa shape index (κ2) is 6.18. The average molecular weight is 293 g/mol. The monoisotopic (exact) mass is 293 g/mol. The Bertz CT molecular complexity index is 730. The third-order valence-electron chi connectivity index (χ3n) is 2.18. The molecule has 104 valence electrons. The average Bonchev–Trinajstić information content (AvgIpc) is 2.92. The van der Waals surface area contributed by atoms with Crippen molar-refractivity contribution in [1.82, 2.24) is 10.1 Å². The second-order valence-corrected chi connectivity index (χ2v) is 5.39. The summed E-state index contributed by atoms with van der Waals surface area (Å²) in [6.07, 6.45) is 5.40. The maximum Gasteiger partial charge on any atom is 0.263 e. The van der Waals surface area contributed by atoms with Gasteiger partial charge in [0.05, 0.1) is 12.8 Å². The molecule has 0 fully saturated rings. The Balaban J connectivity index is 2.24. The molecule has 7 nitrogen and oxygen atoms in total. The molecular weight excluding hydrogens is 282 g/mol. The first kappa shape index (κ1) is 14.0. The molecule has 0 aromatic carbocycles. The van der Waals surface area contributed by atoms with Crippen molar-refractivity contribution in [1.29, 1.82) is 0 Å². The third kappa shape index (κ3) is 3.57. The number of anilines is 1. The summed E-state index contributed by atoms with van der Waals surface area (Å²) in [5.74, 6) is 5.42. The van der Waals surface area contributed by atoms with Crippen molar-refractivity contribution < 1.29 is 18.0 Å². The molecule has 0 atom stereocenters. The first-order valence-electron chi connectivity index (χ1n) is 5.59. The van der Waals surface area contributed by atoms with E-state index in [1.165, 1.54) is 30.9 Å². The maximum atomic E-state index is 12.1. The quantitative estimate of drug-likeness (QED) is 0.800. The molecule has 0 spiro atoms. The first-order chi connectivity index (χ1) is 9.62. The van der Waals surface area contributed by atoms with Crippen LogP contribution in [0.25, 0.3) is 0 Å². The van der Waals surface area contributed by atoms with Crippen molar-refractivity contribution in [2.75, 3.05) is 11.3 Å². The minimum Gasteiger partial charge on any atom is -0.395 e. The standard InChI is InChI=1S/C12H11N3O4S/c16-4-2-1-3-10-5-12(8-13-6-10)20(17,18)15-11-7-14-19-9-11/h5-9,15-16H,2,4H2. The highest BCUT2D eigenvalue weighted by molar-refractivity contribution is 7.92. The Morgan fingerprint density at radius 2 is 2.20 bits per heavy atom. The van der Waals surface area contributed by atoms with Crippen LogP contribution in [0.15, 0.2) is 40.3 Å². The summed E-state index contributed by atoms with van der Waals surface area (Å²) >= 11 is 0. The molecule has 0 unspecified atom stereocenters. The molecule has 0 aliphatic carbocycles. The summed E-state index contributed by atoms with van der Waals surface area (Å²) < 4.78 is 31.0. The predicted octanol–water partition coefficient (Wildman–Crippen LogP) is 0.604. The van der Waals surface area contributed by atoms with Gasteiger partial charge in [-0.05, 0) is 6.07 Å². The smallest absolute Gasteiger partial charge is 0.263 e. The van der Waals surface area contributed by atoms with Crippen molar-refractivity contribution in [2.45, 2.75) is 11.3 Å². The van der Waals surface area contributed by atoms with Gasteiger partial charge in [0.15, 0.2) is 0 Å². The Morgan fingerprint density at radius 1 is 1.35 bits per heavy atom. The number of aliphatic hydroxyl groups excluding tert-OH is 1. The topological polar surface area (TPSA) is 105 Å². The van der Waals surface area contributed by atoms with Gasteiger partial charge >= 0.3 is 0 Å². The molecule has 0 aliphatic heterocycles. The summed E-state index contributed by atoms with van der Waals surface area (Å²) in [6.45, 7) is -0.0482. The van der Waals surface area contributed by atoms with Crippen molar-refractivity contribution in [3.05, 3.63) is 36.5 Å². The number of nitrogens with one attached hydrogen (secondary N) is 1. The fourth-order valence-electron chi connectivity index (χ4n) is 1.32. The Kier molecular flexibility index (Phi) is 4.34. The SMILES string of the molecule is O=S(=O)(Nc1cnoc1)c1cncc(C#CCCO)c1. The van der Waals surface area contributed by atoms with E-state index in [2.05, 4.69) is 31.2 Å². The highest BCUT2D eigenvalue weighted by atomic mass is 32.2. The summed E-state index contributed by atoms with van der Waals surface area (Å²) in [5, 5.41) is 12.0. The second-order valence-electron chi connectivity index (χ2n) is 3.70. The van der Waals surface area contributed by atoms with E-state index in [1.54, 1.807) is 0 Å². The lowest BCUT2D eigenvalue weighted by atomic mass is 10.3. The third-order valence-corrected chi connectivity index (χ3v) is 3.53. The van der Waals surface area contributed by atoms with E-state index in [0.29, 0.717) is 12.0 Å². The van der Waals surface area contributed by atoms with E-state index in [4.69, 9.17) is 5.11 Å². The van der Waals surface area contributed by atoms with Gasteiger partial charge in [-0.2, -0.15) is 0 Å². The van der Waals surface area contributed by atoms with Crippen LogP contribution >= 0.6 is 0 Å². The van der Waals surface area contributed by atoms with Crippen LogP contribution in [0.3, 0.4) is 0 Å². The molecule has 0 bridgehead atoms. The molecule has 8 heteroatoms. The summed E-state index contributed by atoms with van der Waals surface area (Å²) in [6, 6.07) is 1.40.